The monoisotopic (exact) mass is 326 g/mol. The van der Waals surface area contributed by atoms with E-state index in [0.29, 0.717) is 0 Å². The Morgan fingerprint density at radius 3 is 2.43 bits per heavy atom. The summed E-state index contributed by atoms with van der Waals surface area (Å²) in [7, 11) is 0. The molecule has 23 heavy (non-hydrogen) atoms. The summed E-state index contributed by atoms with van der Waals surface area (Å²) in [4.78, 5) is 22.6. The molecule has 0 saturated carbocycles. The number of hydrogen-bond donors (Lipinski definition) is 2. The van der Waals surface area contributed by atoms with E-state index in [0.717, 1.165) is 6.20 Å². The van der Waals surface area contributed by atoms with E-state index in [1.54, 1.807) is 13.8 Å². The molecule has 1 unspecified atom stereocenters. The summed E-state index contributed by atoms with van der Waals surface area (Å²) in [5, 5.41) is 27.6. The fraction of sp³-hybridized carbons (Fsp3) is 0.733. The van der Waals surface area contributed by atoms with Gasteiger partial charge in [-0.05, 0) is 19.8 Å². The van der Waals surface area contributed by atoms with Crippen LogP contribution in [0.15, 0.2) is 12.4 Å². The molecule has 0 aromatic carbocycles. The van der Waals surface area contributed by atoms with Gasteiger partial charge in [-0.2, -0.15) is 5.10 Å². The van der Waals surface area contributed by atoms with Crippen molar-refractivity contribution in [2.24, 2.45) is 11.3 Å². The molecule has 1 amide bonds. The van der Waals surface area contributed by atoms with Crippen molar-refractivity contribution < 1.29 is 14.8 Å². The summed E-state index contributed by atoms with van der Waals surface area (Å²) in [6, 6.07) is 0. The first-order chi connectivity index (χ1) is 10.4. The van der Waals surface area contributed by atoms with Crippen LogP contribution in [0, 0.1) is 21.4 Å². The van der Waals surface area contributed by atoms with Crippen LogP contribution in [0.2, 0.25) is 0 Å². The van der Waals surface area contributed by atoms with Crippen LogP contribution < -0.4 is 5.32 Å². The summed E-state index contributed by atoms with van der Waals surface area (Å²) >= 11 is 0. The summed E-state index contributed by atoms with van der Waals surface area (Å²) in [5.74, 6) is -0.247. The number of amides is 1. The van der Waals surface area contributed by atoms with Gasteiger partial charge < -0.3 is 10.4 Å². The SMILES string of the molecule is CC(C)C(O)C(C)(C)CNC(=O)C(C)(C)n1cc([N+](=O)[O-])cn1. The summed E-state index contributed by atoms with van der Waals surface area (Å²) in [5.41, 5.74) is -1.73. The van der Waals surface area contributed by atoms with Gasteiger partial charge in [-0.25, -0.2) is 0 Å². The van der Waals surface area contributed by atoms with Crippen molar-refractivity contribution in [1.29, 1.82) is 0 Å². The number of aliphatic hydroxyl groups is 1. The molecule has 130 valence electrons. The highest BCUT2D eigenvalue weighted by atomic mass is 16.6. The number of hydrogen-bond acceptors (Lipinski definition) is 5. The zero-order valence-corrected chi connectivity index (χ0v) is 14.5. The molecule has 0 aliphatic rings. The minimum absolute atomic E-state index is 0.0728. The van der Waals surface area contributed by atoms with E-state index in [9.17, 15) is 20.0 Å². The van der Waals surface area contributed by atoms with E-state index in [4.69, 9.17) is 0 Å². The van der Waals surface area contributed by atoms with Gasteiger partial charge in [0, 0.05) is 12.0 Å². The molecule has 1 aromatic heterocycles. The average Bonchev–Trinajstić information content (AvgIpc) is 2.94. The lowest BCUT2D eigenvalue weighted by atomic mass is 9.80. The van der Waals surface area contributed by atoms with Crippen LogP contribution in [0.1, 0.15) is 41.5 Å². The van der Waals surface area contributed by atoms with Gasteiger partial charge in [0.05, 0.1) is 11.0 Å². The van der Waals surface area contributed by atoms with Gasteiger partial charge in [0.1, 0.15) is 17.9 Å². The molecule has 8 nitrogen and oxygen atoms in total. The minimum Gasteiger partial charge on any atom is -0.392 e. The maximum absolute atomic E-state index is 12.5. The molecule has 1 aromatic rings. The van der Waals surface area contributed by atoms with E-state index in [1.165, 1.54) is 10.9 Å². The van der Waals surface area contributed by atoms with Crippen molar-refractivity contribution >= 4 is 11.6 Å². The van der Waals surface area contributed by atoms with Crippen LogP contribution in [0.25, 0.3) is 0 Å². The number of nitro groups is 1. The zero-order chi connectivity index (χ0) is 18.0. The second kappa shape index (κ2) is 6.66. The van der Waals surface area contributed by atoms with Crippen LogP contribution >= 0.6 is 0 Å². The molecule has 1 rings (SSSR count). The summed E-state index contributed by atoms with van der Waals surface area (Å²) in [6.45, 7) is 11.1. The standard InChI is InChI=1S/C15H26N4O4/c1-10(2)12(20)14(3,4)9-16-13(21)15(5,6)18-8-11(7-17-18)19(22)23/h7-8,10,12,20H,9H2,1-6H3,(H,16,21). The highest BCUT2D eigenvalue weighted by molar-refractivity contribution is 5.83. The Morgan fingerprint density at radius 1 is 1.43 bits per heavy atom. The van der Waals surface area contributed by atoms with Crippen molar-refractivity contribution in [2.75, 3.05) is 6.54 Å². The number of aliphatic hydroxyl groups excluding tert-OH is 1. The van der Waals surface area contributed by atoms with Gasteiger partial charge in [-0.3, -0.25) is 19.6 Å². The molecule has 0 fully saturated rings. The Labute approximate surface area is 136 Å². The molecule has 0 radical (unpaired) electrons. The normalized spacial score (nSPS) is 13.9. The fourth-order valence-corrected chi connectivity index (χ4v) is 2.35. The van der Waals surface area contributed by atoms with E-state index >= 15 is 0 Å². The van der Waals surface area contributed by atoms with Crippen LogP contribution in [0.4, 0.5) is 5.69 Å². The van der Waals surface area contributed by atoms with Gasteiger partial charge in [0.15, 0.2) is 0 Å². The van der Waals surface area contributed by atoms with E-state index < -0.39 is 22.0 Å². The van der Waals surface area contributed by atoms with Crippen molar-refractivity contribution in [1.82, 2.24) is 15.1 Å². The third-order valence-corrected chi connectivity index (χ3v) is 4.04. The summed E-state index contributed by atoms with van der Waals surface area (Å²) in [6.07, 6.45) is 1.78. The number of nitrogens with zero attached hydrogens (tertiary/aromatic N) is 3. The lowest BCUT2D eigenvalue weighted by molar-refractivity contribution is -0.385. The van der Waals surface area contributed by atoms with Gasteiger partial charge in [0.25, 0.3) is 0 Å². The van der Waals surface area contributed by atoms with Crippen molar-refractivity contribution in [3.8, 4) is 0 Å². The average molecular weight is 326 g/mol. The fourth-order valence-electron chi connectivity index (χ4n) is 2.35. The van der Waals surface area contributed by atoms with E-state index in [2.05, 4.69) is 10.4 Å². The van der Waals surface area contributed by atoms with Gasteiger partial charge in [-0.15, -0.1) is 0 Å². The molecule has 0 spiro atoms. The van der Waals surface area contributed by atoms with Crippen molar-refractivity contribution in [2.45, 2.75) is 53.2 Å². The highest BCUT2D eigenvalue weighted by Gasteiger charge is 2.35. The predicted octanol–water partition coefficient (Wildman–Crippen LogP) is 1.69. The Hall–Kier alpha value is -1.96. The van der Waals surface area contributed by atoms with Crippen LogP contribution in [-0.2, 0) is 10.3 Å². The molecular formula is C15H26N4O4. The Morgan fingerprint density at radius 2 is 2.00 bits per heavy atom. The third-order valence-electron chi connectivity index (χ3n) is 4.04. The van der Waals surface area contributed by atoms with Gasteiger partial charge in [-0.1, -0.05) is 27.7 Å². The van der Waals surface area contributed by atoms with E-state index in [1.807, 2.05) is 27.7 Å². The second-order valence-electron chi connectivity index (χ2n) is 7.32. The van der Waals surface area contributed by atoms with Crippen molar-refractivity contribution in [3.63, 3.8) is 0 Å². The zero-order valence-electron chi connectivity index (χ0n) is 14.5. The van der Waals surface area contributed by atoms with Gasteiger partial charge >= 0.3 is 5.69 Å². The number of carbonyl (C=O) groups excluding carboxylic acids is 1. The van der Waals surface area contributed by atoms with Gasteiger partial charge in [0.2, 0.25) is 5.91 Å². The molecular weight excluding hydrogens is 300 g/mol. The highest BCUT2D eigenvalue weighted by Crippen LogP contribution is 2.26. The Balaban J connectivity index is 2.81. The minimum atomic E-state index is -1.08. The molecule has 2 N–H and O–H groups in total. The topological polar surface area (TPSA) is 110 Å². The van der Waals surface area contributed by atoms with Crippen LogP contribution in [0.3, 0.4) is 0 Å². The lowest BCUT2D eigenvalue weighted by Gasteiger charge is -2.34. The quantitative estimate of drug-likeness (QED) is 0.585. The molecule has 0 aliphatic heterocycles. The molecule has 1 atom stereocenters. The first-order valence-electron chi connectivity index (χ1n) is 7.55. The van der Waals surface area contributed by atoms with E-state index in [-0.39, 0.29) is 24.1 Å². The lowest BCUT2D eigenvalue weighted by Crippen LogP contribution is -2.50. The number of rotatable bonds is 7. The third kappa shape index (κ3) is 4.28. The second-order valence-corrected chi connectivity index (χ2v) is 7.32. The van der Waals surface area contributed by atoms with Crippen LogP contribution in [0.5, 0.6) is 0 Å². The Kier molecular flexibility index (Phi) is 5.52. The number of aromatic nitrogens is 2. The maximum atomic E-state index is 12.5. The summed E-state index contributed by atoms with van der Waals surface area (Å²) < 4.78 is 1.27. The molecule has 0 bridgehead atoms. The first-order valence-corrected chi connectivity index (χ1v) is 7.55. The maximum Gasteiger partial charge on any atom is 0.307 e. The smallest absolute Gasteiger partial charge is 0.307 e. The first kappa shape index (κ1) is 19.1. The number of carbonyl (C=O) groups is 1. The van der Waals surface area contributed by atoms with Crippen LogP contribution in [-0.4, -0.2) is 38.4 Å². The molecule has 0 aliphatic carbocycles. The van der Waals surface area contributed by atoms with Crippen molar-refractivity contribution in [3.05, 3.63) is 22.5 Å². The Bertz CT molecular complexity index is 578. The largest absolute Gasteiger partial charge is 0.392 e. The molecule has 8 heteroatoms. The number of nitrogens with one attached hydrogen (secondary N) is 1. The predicted molar refractivity (Wildman–Crippen MR) is 85.8 cm³/mol. The molecule has 1 heterocycles. The molecule has 0 saturated heterocycles.